The van der Waals surface area contributed by atoms with E-state index in [9.17, 15) is 0 Å². The van der Waals surface area contributed by atoms with Gasteiger partial charge in [-0.1, -0.05) is 177 Å². The minimum absolute atomic E-state index is 0.106. The van der Waals surface area contributed by atoms with E-state index in [1.165, 1.54) is 29.6 Å². The standard InChI is InChI=1S/C15H24.C8H16.C8H14.C6H14.C5H10/c1-10(2)15(6,7)14-9-12(4)11(3)8-13(14)5;1-5-6-8(4)7(2)3;1-4-5-6-7-8(2)3;1-5-6(2,3)4;1-3-5-4-2/h8-9,11-12H,1H2,2-7H3;5,7-8H,1,6H2,2-4H3;4-6,8H,1,7H2,2-3H3;5H2,1-4H3;3H,1,4-5H2,2H3/b;;6-5-;;. The summed E-state index contributed by atoms with van der Waals surface area (Å²) in [5.74, 6) is 3.67. The Morgan fingerprint density at radius 3 is 1.60 bits per heavy atom. The van der Waals surface area contributed by atoms with Crippen molar-refractivity contribution in [3.8, 4) is 0 Å². The summed E-state index contributed by atoms with van der Waals surface area (Å²) >= 11 is 0. The maximum atomic E-state index is 4.11. The Morgan fingerprint density at radius 2 is 1.33 bits per heavy atom. The third-order valence-electron chi connectivity index (χ3n) is 8.05. The molecule has 1 rings (SSSR count). The molecule has 1 aliphatic rings. The molecule has 0 radical (unpaired) electrons. The van der Waals surface area contributed by atoms with Crippen molar-refractivity contribution in [2.24, 2.45) is 40.4 Å². The topological polar surface area (TPSA) is 0 Å². The predicted molar refractivity (Wildman–Crippen MR) is 201 cm³/mol. The monoisotopic (exact) mass is 583 g/mol. The summed E-state index contributed by atoms with van der Waals surface area (Å²) in [7, 11) is 0. The Bertz CT molecular complexity index is 784. The fourth-order valence-corrected chi connectivity index (χ4v) is 3.30. The van der Waals surface area contributed by atoms with Crippen molar-refractivity contribution >= 4 is 0 Å². The van der Waals surface area contributed by atoms with Gasteiger partial charge in [-0.2, -0.15) is 0 Å². The molecule has 0 heterocycles. The second-order valence-electron chi connectivity index (χ2n) is 14.6. The molecule has 3 unspecified atom stereocenters. The molecule has 0 amide bonds. The van der Waals surface area contributed by atoms with Gasteiger partial charge >= 0.3 is 0 Å². The summed E-state index contributed by atoms with van der Waals surface area (Å²) in [6.07, 6.45) is 20.6. The molecule has 0 aliphatic heterocycles. The van der Waals surface area contributed by atoms with Gasteiger partial charge < -0.3 is 0 Å². The summed E-state index contributed by atoms with van der Waals surface area (Å²) in [6, 6.07) is 0. The van der Waals surface area contributed by atoms with Crippen molar-refractivity contribution in [2.75, 3.05) is 0 Å². The summed E-state index contributed by atoms with van der Waals surface area (Å²) < 4.78 is 0. The van der Waals surface area contributed by atoms with Gasteiger partial charge in [-0.05, 0) is 73.7 Å². The highest BCUT2D eigenvalue weighted by molar-refractivity contribution is 5.42. The Morgan fingerprint density at radius 1 is 0.857 bits per heavy atom. The summed E-state index contributed by atoms with van der Waals surface area (Å²) in [4.78, 5) is 0. The van der Waals surface area contributed by atoms with E-state index in [-0.39, 0.29) is 5.41 Å². The summed E-state index contributed by atoms with van der Waals surface area (Å²) in [5.41, 5.74) is 4.77. The van der Waals surface area contributed by atoms with Crippen LogP contribution < -0.4 is 0 Å². The molecule has 0 aromatic rings. The highest BCUT2D eigenvalue weighted by Crippen LogP contribution is 2.41. The number of allylic oxidation sites excluding steroid dienone is 10. The zero-order chi connectivity index (χ0) is 34.1. The van der Waals surface area contributed by atoms with Crippen LogP contribution in [0.3, 0.4) is 0 Å². The Labute approximate surface area is 268 Å². The van der Waals surface area contributed by atoms with E-state index in [1.807, 2.05) is 24.3 Å². The van der Waals surface area contributed by atoms with E-state index in [0.717, 1.165) is 37.0 Å². The van der Waals surface area contributed by atoms with Crippen LogP contribution in [0.1, 0.15) is 143 Å². The van der Waals surface area contributed by atoms with Crippen LogP contribution >= 0.6 is 0 Å². The predicted octanol–water partition coefficient (Wildman–Crippen LogP) is 14.8. The molecule has 0 aromatic carbocycles. The van der Waals surface area contributed by atoms with E-state index in [4.69, 9.17) is 0 Å². The Hall–Kier alpha value is -1.82. The van der Waals surface area contributed by atoms with Crippen LogP contribution in [-0.2, 0) is 0 Å². The first-order valence-corrected chi connectivity index (χ1v) is 16.8. The summed E-state index contributed by atoms with van der Waals surface area (Å²) in [5, 5.41) is 0. The zero-order valence-corrected chi connectivity index (χ0v) is 31.8. The molecule has 0 N–H and O–H groups in total. The molecule has 0 nitrogen and oxygen atoms in total. The minimum atomic E-state index is 0.106. The van der Waals surface area contributed by atoms with Crippen LogP contribution in [0.15, 0.2) is 85.6 Å². The Kier molecular flexibility index (Phi) is 30.0. The lowest BCUT2D eigenvalue weighted by Gasteiger charge is -2.34. The van der Waals surface area contributed by atoms with Crippen molar-refractivity contribution < 1.29 is 0 Å². The van der Waals surface area contributed by atoms with Crippen molar-refractivity contribution in [1.82, 2.24) is 0 Å². The average molecular weight is 583 g/mol. The molecular formula is C42H78. The van der Waals surface area contributed by atoms with Gasteiger partial charge in [-0.25, -0.2) is 0 Å². The van der Waals surface area contributed by atoms with Gasteiger partial charge in [0, 0.05) is 5.41 Å². The van der Waals surface area contributed by atoms with Crippen molar-refractivity contribution in [1.29, 1.82) is 0 Å². The maximum Gasteiger partial charge on any atom is 0.00990 e. The molecule has 0 spiro atoms. The van der Waals surface area contributed by atoms with Gasteiger partial charge in [0.1, 0.15) is 0 Å². The van der Waals surface area contributed by atoms with Crippen molar-refractivity contribution in [3.05, 3.63) is 85.6 Å². The van der Waals surface area contributed by atoms with Gasteiger partial charge in [0.05, 0.1) is 0 Å². The lowest BCUT2D eigenvalue weighted by molar-refractivity contribution is 0.398. The number of rotatable bonds is 10. The van der Waals surface area contributed by atoms with E-state index in [1.54, 1.807) is 0 Å². The first kappa shape index (κ1) is 47.1. The van der Waals surface area contributed by atoms with Crippen LogP contribution in [0.5, 0.6) is 0 Å². The first-order valence-electron chi connectivity index (χ1n) is 16.8. The SMILES string of the molecule is C=C(C)C(C)(C)C1=CC(C)C(C)C=C1C.C=C/C=C\CC(C)C.C=CCC(C)C(C)C.C=CCCC.CCC(C)(C)C. The lowest BCUT2D eigenvalue weighted by Crippen LogP contribution is -2.21. The van der Waals surface area contributed by atoms with Gasteiger partial charge in [0.25, 0.3) is 0 Å². The van der Waals surface area contributed by atoms with E-state index in [0.29, 0.717) is 17.3 Å². The van der Waals surface area contributed by atoms with Gasteiger partial charge in [0.2, 0.25) is 0 Å². The molecular weight excluding hydrogens is 504 g/mol. The number of unbranched alkanes of at least 4 members (excludes halogenated alkanes) is 1. The van der Waals surface area contributed by atoms with Gasteiger partial charge in [-0.15, -0.1) is 13.2 Å². The smallest absolute Gasteiger partial charge is 0.00990 e. The van der Waals surface area contributed by atoms with E-state index in [2.05, 4.69) is 155 Å². The van der Waals surface area contributed by atoms with Crippen LogP contribution in [0.4, 0.5) is 0 Å². The molecule has 246 valence electrons. The van der Waals surface area contributed by atoms with Crippen LogP contribution in [-0.4, -0.2) is 0 Å². The molecule has 0 bridgehead atoms. The van der Waals surface area contributed by atoms with Gasteiger partial charge in [-0.3, -0.25) is 0 Å². The van der Waals surface area contributed by atoms with Gasteiger partial charge in [0.15, 0.2) is 0 Å². The van der Waals surface area contributed by atoms with E-state index >= 15 is 0 Å². The molecule has 1 aliphatic carbocycles. The molecule has 0 heteroatoms. The zero-order valence-electron chi connectivity index (χ0n) is 31.8. The third-order valence-corrected chi connectivity index (χ3v) is 8.05. The first-order chi connectivity index (χ1) is 19.2. The third kappa shape index (κ3) is 28.3. The molecule has 0 fully saturated rings. The fourth-order valence-electron chi connectivity index (χ4n) is 3.30. The maximum absolute atomic E-state index is 4.11. The summed E-state index contributed by atoms with van der Waals surface area (Å²) in [6.45, 7) is 50.6. The van der Waals surface area contributed by atoms with Crippen molar-refractivity contribution in [3.63, 3.8) is 0 Å². The molecule has 3 atom stereocenters. The molecule has 0 aromatic heterocycles. The average Bonchev–Trinajstić information content (AvgIpc) is 2.87. The lowest BCUT2D eigenvalue weighted by atomic mass is 9.70. The normalized spacial score (nSPS) is 17.0. The van der Waals surface area contributed by atoms with Crippen molar-refractivity contribution in [2.45, 2.75) is 143 Å². The fraction of sp³-hybridized carbons (Fsp3) is 0.667. The second kappa shape index (κ2) is 26.8. The number of hydrogen-bond donors (Lipinski definition) is 0. The van der Waals surface area contributed by atoms with Crippen LogP contribution in [0.2, 0.25) is 0 Å². The van der Waals surface area contributed by atoms with Crippen LogP contribution in [0, 0.1) is 40.4 Å². The number of hydrogen-bond acceptors (Lipinski definition) is 0. The highest BCUT2D eigenvalue weighted by atomic mass is 14.3. The quantitative estimate of drug-likeness (QED) is 0.177. The Balaban J connectivity index is -0.000000231. The highest BCUT2D eigenvalue weighted by Gasteiger charge is 2.28. The molecule has 0 saturated carbocycles. The molecule has 0 saturated heterocycles. The largest absolute Gasteiger partial charge is 0.103 e. The molecule has 42 heavy (non-hydrogen) atoms. The second-order valence-corrected chi connectivity index (χ2v) is 14.6. The van der Waals surface area contributed by atoms with E-state index < -0.39 is 0 Å². The van der Waals surface area contributed by atoms with Crippen LogP contribution in [0.25, 0.3) is 0 Å². The minimum Gasteiger partial charge on any atom is -0.103 e.